The number of benzene rings is 2. The van der Waals surface area contributed by atoms with Gasteiger partial charge in [0.05, 0.1) is 24.0 Å². The Morgan fingerprint density at radius 2 is 1.81 bits per heavy atom. The number of rotatable bonds is 7. The van der Waals surface area contributed by atoms with E-state index in [1.54, 1.807) is 48.5 Å². The van der Waals surface area contributed by atoms with E-state index in [0.29, 0.717) is 33.4 Å². The molecule has 6 nitrogen and oxygen atoms in total. The Kier molecular flexibility index (Phi) is 7.49. The first-order valence-corrected chi connectivity index (χ1v) is 10.6. The first kappa shape index (κ1) is 23.0. The van der Waals surface area contributed by atoms with Gasteiger partial charge in [0.1, 0.15) is 5.56 Å². The van der Waals surface area contributed by atoms with Crippen molar-refractivity contribution < 1.29 is 9.90 Å². The lowest BCUT2D eigenvalue weighted by atomic mass is 10.0. The summed E-state index contributed by atoms with van der Waals surface area (Å²) in [7, 11) is 0. The monoisotopic (exact) mass is 459 g/mol. The number of hydrogen-bond acceptors (Lipinski definition) is 4. The van der Waals surface area contributed by atoms with Crippen LogP contribution in [0.4, 0.5) is 0 Å². The summed E-state index contributed by atoms with van der Waals surface area (Å²) in [6, 6.07) is 14.6. The zero-order valence-corrected chi connectivity index (χ0v) is 18.7. The molecule has 2 N–H and O–H groups in total. The number of nitrogens with one attached hydrogen (secondary N) is 1. The molecule has 1 aromatic heterocycles. The van der Waals surface area contributed by atoms with Crippen molar-refractivity contribution in [2.75, 3.05) is 6.61 Å². The van der Waals surface area contributed by atoms with Gasteiger partial charge in [-0.15, -0.1) is 0 Å². The molecule has 0 radical (unpaired) electrons. The molecule has 1 atom stereocenters. The zero-order valence-electron chi connectivity index (χ0n) is 17.2. The first-order chi connectivity index (χ1) is 14.8. The molecule has 0 aliphatic carbocycles. The molecule has 8 heteroatoms. The number of amides is 1. The number of carbonyl (C=O) groups is 1. The summed E-state index contributed by atoms with van der Waals surface area (Å²) in [5.41, 5.74) is 0.880. The van der Waals surface area contributed by atoms with Gasteiger partial charge in [-0.2, -0.15) is 9.78 Å². The van der Waals surface area contributed by atoms with Crippen LogP contribution in [0.2, 0.25) is 10.0 Å². The van der Waals surface area contributed by atoms with Gasteiger partial charge in [0.2, 0.25) is 0 Å². The van der Waals surface area contributed by atoms with E-state index < -0.39 is 17.5 Å². The minimum atomic E-state index is -0.585. The summed E-state index contributed by atoms with van der Waals surface area (Å²) in [5.74, 6) is -0.305. The quantitative estimate of drug-likeness (QED) is 0.550. The average molecular weight is 460 g/mol. The van der Waals surface area contributed by atoms with Gasteiger partial charge in [-0.3, -0.25) is 9.59 Å². The Hall–Kier alpha value is -2.67. The predicted octanol–water partition coefficient (Wildman–Crippen LogP) is 4.34. The summed E-state index contributed by atoms with van der Waals surface area (Å²) in [5, 5.41) is 17.8. The van der Waals surface area contributed by atoms with Crippen molar-refractivity contribution in [2.45, 2.75) is 26.3 Å². The fraction of sp³-hybridized carbons (Fsp3) is 0.261. The van der Waals surface area contributed by atoms with Crippen LogP contribution in [0.15, 0.2) is 59.4 Å². The highest BCUT2D eigenvalue weighted by atomic mass is 35.5. The topological polar surface area (TPSA) is 84.2 Å². The molecular formula is C23H23Cl2N3O3. The van der Waals surface area contributed by atoms with Crippen LogP contribution in [0.1, 0.15) is 30.6 Å². The number of hydrogen-bond donors (Lipinski definition) is 2. The summed E-state index contributed by atoms with van der Waals surface area (Å²) >= 11 is 12.1. The summed E-state index contributed by atoms with van der Waals surface area (Å²) in [6.45, 7) is 3.76. The molecule has 31 heavy (non-hydrogen) atoms. The van der Waals surface area contributed by atoms with Crippen molar-refractivity contribution in [3.8, 4) is 16.9 Å². The predicted molar refractivity (Wildman–Crippen MR) is 123 cm³/mol. The van der Waals surface area contributed by atoms with Crippen LogP contribution < -0.4 is 10.9 Å². The maximum absolute atomic E-state index is 13.2. The lowest BCUT2D eigenvalue weighted by Gasteiger charge is -2.18. The van der Waals surface area contributed by atoms with Crippen LogP contribution in [-0.2, 0) is 0 Å². The highest BCUT2D eigenvalue weighted by molar-refractivity contribution is 6.31. The SMILES string of the molecule is CC(C)C[C@@H](CO)NC(=O)c1cc(-c2ccc(Cl)cc2)nn(-c2cccc(Cl)c2)c1=O. The van der Waals surface area contributed by atoms with Crippen LogP contribution in [0, 0.1) is 5.92 Å². The van der Waals surface area contributed by atoms with Gasteiger partial charge in [0, 0.05) is 15.6 Å². The van der Waals surface area contributed by atoms with Crippen molar-refractivity contribution in [3.63, 3.8) is 0 Å². The largest absolute Gasteiger partial charge is 0.394 e. The summed E-state index contributed by atoms with van der Waals surface area (Å²) < 4.78 is 1.15. The molecule has 3 aromatic rings. The molecule has 2 aromatic carbocycles. The van der Waals surface area contributed by atoms with Crippen LogP contribution >= 0.6 is 23.2 Å². The molecule has 162 valence electrons. The van der Waals surface area contributed by atoms with Crippen LogP contribution in [-0.4, -0.2) is 33.4 Å². The van der Waals surface area contributed by atoms with Crippen LogP contribution in [0.3, 0.4) is 0 Å². The van der Waals surface area contributed by atoms with Gasteiger partial charge in [-0.1, -0.05) is 55.2 Å². The normalized spacial score (nSPS) is 12.1. The Bertz CT molecular complexity index is 1130. The Balaban J connectivity index is 2.12. The van der Waals surface area contributed by atoms with Crippen LogP contribution in [0.5, 0.6) is 0 Å². The number of nitrogens with zero attached hydrogens (tertiary/aromatic N) is 2. The standard InChI is InChI=1S/C23H23Cl2N3O3/c1-14(2)10-18(13-29)26-22(30)20-12-21(15-6-8-16(24)9-7-15)27-28(23(20)31)19-5-3-4-17(25)11-19/h3-9,11-12,14,18,29H,10,13H2,1-2H3,(H,26,30)/t18-/m0/s1. The second kappa shape index (κ2) is 10.1. The zero-order chi connectivity index (χ0) is 22.5. The first-order valence-electron chi connectivity index (χ1n) is 9.86. The van der Waals surface area contributed by atoms with E-state index in [-0.39, 0.29) is 18.1 Å². The van der Waals surface area contributed by atoms with E-state index >= 15 is 0 Å². The van der Waals surface area contributed by atoms with Crippen molar-refractivity contribution in [3.05, 3.63) is 80.6 Å². The third-order valence-corrected chi connectivity index (χ3v) is 5.15. The molecule has 0 unspecified atom stereocenters. The van der Waals surface area contributed by atoms with Gasteiger partial charge in [0.25, 0.3) is 11.5 Å². The summed E-state index contributed by atoms with van der Waals surface area (Å²) in [4.78, 5) is 26.2. The van der Waals surface area contributed by atoms with E-state index in [2.05, 4.69) is 10.4 Å². The van der Waals surface area contributed by atoms with Gasteiger partial charge >= 0.3 is 0 Å². The highest BCUT2D eigenvalue weighted by Crippen LogP contribution is 2.21. The summed E-state index contributed by atoms with van der Waals surface area (Å²) in [6.07, 6.45) is 0.583. The van der Waals surface area contributed by atoms with Crippen LogP contribution in [0.25, 0.3) is 16.9 Å². The molecule has 0 fully saturated rings. The van der Waals surface area contributed by atoms with E-state index in [1.807, 2.05) is 13.8 Å². The molecule has 1 amide bonds. The molecule has 0 saturated carbocycles. The highest BCUT2D eigenvalue weighted by Gasteiger charge is 2.21. The Morgan fingerprint density at radius 3 is 2.42 bits per heavy atom. The smallest absolute Gasteiger partial charge is 0.284 e. The van der Waals surface area contributed by atoms with E-state index in [9.17, 15) is 14.7 Å². The molecular weight excluding hydrogens is 437 g/mol. The second-order valence-corrected chi connectivity index (χ2v) is 8.50. The fourth-order valence-corrected chi connectivity index (χ4v) is 3.52. The molecule has 0 aliphatic heterocycles. The lowest BCUT2D eigenvalue weighted by Crippen LogP contribution is -2.41. The molecule has 0 bridgehead atoms. The van der Waals surface area contributed by atoms with E-state index in [1.165, 1.54) is 6.07 Å². The van der Waals surface area contributed by atoms with E-state index in [0.717, 1.165) is 4.68 Å². The number of aliphatic hydroxyl groups is 1. The number of aliphatic hydroxyl groups excluding tert-OH is 1. The van der Waals surface area contributed by atoms with E-state index in [4.69, 9.17) is 23.2 Å². The lowest BCUT2D eigenvalue weighted by molar-refractivity contribution is 0.0906. The van der Waals surface area contributed by atoms with Crippen molar-refractivity contribution in [2.24, 2.45) is 5.92 Å². The number of aromatic nitrogens is 2. The minimum Gasteiger partial charge on any atom is -0.394 e. The van der Waals surface area contributed by atoms with Gasteiger partial charge < -0.3 is 10.4 Å². The third-order valence-electron chi connectivity index (χ3n) is 4.66. The fourth-order valence-electron chi connectivity index (χ4n) is 3.21. The maximum Gasteiger partial charge on any atom is 0.284 e. The Labute approximate surface area is 190 Å². The van der Waals surface area contributed by atoms with Crippen molar-refractivity contribution in [1.82, 2.24) is 15.1 Å². The molecule has 0 spiro atoms. The average Bonchev–Trinajstić information content (AvgIpc) is 2.73. The number of halogens is 2. The maximum atomic E-state index is 13.2. The molecule has 1 heterocycles. The Morgan fingerprint density at radius 1 is 1.10 bits per heavy atom. The van der Waals surface area contributed by atoms with Crippen molar-refractivity contribution in [1.29, 1.82) is 0 Å². The third kappa shape index (κ3) is 5.73. The van der Waals surface area contributed by atoms with Gasteiger partial charge in [-0.25, -0.2) is 0 Å². The molecule has 0 saturated heterocycles. The van der Waals surface area contributed by atoms with Gasteiger partial charge in [0.15, 0.2) is 0 Å². The minimum absolute atomic E-state index is 0.0814. The van der Waals surface area contributed by atoms with Gasteiger partial charge in [-0.05, 0) is 48.7 Å². The van der Waals surface area contributed by atoms with Crippen molar-refractivity contribution >= 4 is 29.1 Å². The molecule has 3 rings (SSSR count). The number of carbonyl (C=O) groups excluding carboxylic acids is 1. The second-order valence-electron chi connectivity index (χ2n) is 7.63. The molecule has 0 aliphatic rings.